The maximum absolute atomic E-state index is 11.7. The van der Waals surface area contributed by atoms with Crippen molar-refractivity contribution in [3.8, 4) is 5.75 Å². The fourth-order valence-corrected chi connectivity index (χ4v) is 2.64. The van der Waals surface area contributed by atoms with E-state index in [1.54, 1.807) is 0 Å². The number of rotatable bonds is 3. The molecule has 3 nitrogen and oxygen atoms in total. The van der Waals surface area contributed by atoms with Crippen LogP contribution in [0.1, 0.15) is 35.2 Å². The predicted octanol–water partition coefficient (Wildman–Crippen LogP) is 2.62. The first-order valence-corrected chi connectivity index (χ1v) is 6.69. The van der Waals surface area contributed by atoms with Gasteiger partial charge in [-0.15, -0.1) is 0 Å². The predicted molar refractivity (Wildman–Crippen MR) is 68.1 cm³/mol. The third-order valence-electron chi connectivity index (χ3n) is 3.74. The molecule has 1 unspecified atom stereocenters. The Kier molecular flexibility index (Phi) is 3.33. The molecule has 1 atom stereocenters. The summed E-state index contributed by atoms with van der Waals surface area (Å²) >= 11 is 0. The number of carbonyl (C=O) groups excluding carboxylic acids is 1. The van der Waals surface area contributed by atoms with Gasteiger partial charge in [-0.3, -0.25) is 4.79 Å². The minimum Gasteiger partial charge on any atom is -0.493 e. The van der Waals surface area contributed by atoms with E-state index in [0.29, 0.717) is 18.9 Å². The summed E-state index contributed by atoms with van der Waals surface area (Å²) < 4.78 is 11.1. The van der Waals surface area contributed by atoms with Crippen LogP contribution < -0.4 is 4.74 Å². The highest BCUT2D eigenvalue weighted by Gasteiger charge is 2.19. The van der Waals surface area contributed by atoms with E-state index in [2.05, 4.69) is 0 Å². The monoisotopic (exact) mass is 246 g/mol. The van der Waals surface area contributed by atoms with Crippen molar-refractivity contribution < 1.29 is 14.3 Å². The molecular formula is C15H18O3. The van der Waals surface area contributed by atoms with E-state index in [1.165, 1.54) is 0 Å². The number of aryl methyl sites for hydroxylation is 1. The first-order valence-electron chi connectivity index (χ1n) is 6.69. The van der Waals surface area contributed by atoms with Gasteiger partial charge in [0.1, 0.15) is 5.75 Å². The van der Waals surface area contributed by atoms with Crippen molar-refractivity contribution >= 4 is 5.78 Å². The van der Waals surface area contributed by atoms with E-state index in [1.807, 2.05) is 18.2 Å². The zero-order valence-corrected chi connectivity index (χ0v) is 10.5. The number of fused-ring (bicyclic) bond motifs is 1. The topological polar surface area (TPSA) is 35.5 Å². The SMILES string of the molecule is O=C1CCCc2cc(OCC3CCOC3)ccc21. The number of ether oxygens (including phenoxy) is 2. The third-order valence-corrected chi connectivity index (χ3v) is 3.74. The maximum atomic E-state index is 11.7. The molecule has 1 aromatic carbocycles. The van der Waals surface area contributed by atoms with Gasteiger partial charge in [0.2, 0.25) is 0 Å². The van der Waals surface area contributed by atoms with Crippen molar-refractivity contribution in [2.45, 2.75) is 25.7 Å². The van der Waals surface area contributed by atoms with Gasteiger partial charge in [-0.05, 0) is 43.0 Å². The Morgan fingerprint density at radius 1 is 1.33 bits per heavy atom. The average molecular weight is 246 g/mol. The van der Waals surface area contributed by atoms with Crippen molar-refractivity contribution in [3.05, 3.63) is 29.3 Å². The third kappa shape index (κ3) is 2.41. The highest BCUT2D eigenvalue weighted by Crippen LogP contribution is 2.26. The lowest BCUT2D eigenvalue weighted by Crippen LogP contribution is -2.13. The fraction of sp³-hybridized carbons (Fsp3) is 0.533. The van der Waals surface area contributed by atoms with Crippen LogP contribution in [0.15, 0.2) is 18.2 Å². The largest absolute Gasteiger partial charge is 0.493 e. The van der Waals surface area contributed by atoms with Crippen molar-refractivity contribution in [1.29, 1.82) is 0 Å². The zero-order chi connectivity index (χ0) is 12.4. The van der Waals surface area contributed by atoms with Crippen molar-refractivity contribution in [2.75, 3.05) is 19.8 Å². The van der Waals surface area contributed by atoms with Gasteiger partial charge in [0.05, 0.1) is 13.2 Å². The van der Waals surface area contributed by atoms with Crippen LogP contribution in [0.25, 0.3) is 0 Å². The lowest BCUT2D eigenvalue weighted by molar-refractivity contribution is 0.0972. The van der Waals surface area contributed by atoms with Gasteiger partial charge in [0, 0.05) is 24.5 Å². The summed E-state index contributed by atoms with van der Waals surface area (Å²) in [6, 6.07) is 5.86. The quantitative estimate of drug-likeness (QED) is 0.822. The van der Waals surface area contributed by atoms with E-state index in [0.717, 1.165) is 49.4 Å². The summed E-state index contributed by atoms with van der Waals surface area (Å²) in [5.41, 5.74) is 2.03. The van der Waals surface area contributed by atoms with Crippen LogP contribution in [-0.4, -0.2) is 25.6 Å². The molecule has 1 aliphatic carbocycles. The molecule has 18 heavy (non-hydrogen) atoms. The van der Waals surface area contributed by atoms with Crippen LogP contribution in [-0.2, 0) is 11.2 Å². The van der Waals surface area contributed by atoms with Crippen LogP contribution in [0.4, 0.5) is 0 Å². The van der Waals surface area contributed by atoms with Crippen LogP contribution in [0.2, 0.25) is 0 Å². The lowest BCUT2D eigenvalue weighted by Gasteiger charge is -2.16. The maximum Gasteiger partial charge on any atom is 0.163 e. The molecule has 0 bridgehead atoms. The second-order valence-corrected chi connectivity index (χ2v) is 5.14. The number of carbonyl (C=O) groups is 1. The van der Waals surface area contributed by atoms with E-state index in [4.69, 9.17) is 9.47 Å². The minimum absolute atomic E-state index is 0.270. The Bertz CT molecular complexity index is 447. The molecular weight excluding hydrogens is 228 g/mol. The van der Waals surface area contributed by atoms with Crippen molar-refractivity contribution in [2.24, 2.45) is 5.92 Å². The second-order valence-electron chi connectivity index (χ2n) is 5.14. The van der Waals surface area contributed by atoms with Crippen LogP contribution in [0, 0.1) is 5.92 Å². The molecule has 0 saturated carbocycles. The molecule has 0 aromatic heterocycles. The molecule has 0 amide bonds. The first-order chi connectivity index (χ1) is 8.83. The van der Waals surface area contributed by atoms with Crippen molar-refractivity contribution in [3.63, 3.8) is 0 Å². The molecule has 1 aliphatic heterocycles. The minimum atomic E-state index is 0.270. The number of ketones is 1. The zero-order valence-electron chi connectivity index (χ0n) is 10.5. The summed E-state index contributed by atoms with van der Waals surface area (Å²) in [6.07, 6.45) is 3.73. The number of hydrogen-bond donors (Lipinski definition) is 0. The van der Waals surface area contributed by atoms with E-state index < -0.39 is 0 Å². The average Bonchev–Trinajstić information content (AvgIpc) is 2.90. The number of hydrogen-bond acceptors (Lipinski definition) is 3. The van der Waals surface area contributed by atoms with E-state index >= 15 is 0 Å². The molecule has 3 heteroatoms. The van der Waals surface area contributed by atoms with Gasteiger partial charge in [0.25, 0.3) is 0 Å². The molecule has 0 radical (unpaired) electrons. The van der Waals surface area contributed by atoms with Gasteiger partial charge in [-0.2, -0.15) is 0 Å². The normalized spacial score (nSPS) is 22.9. The summed E-state index contributed by atoms with van der Waals surface area (Å²) in [4.78, 5) is 11.7. The Morgan fingerprint density at radius 2 is 2.28 bits per heavy atom. The smallest absolute Gasteiger partial charge is 0.163 e. The van der Waals surface area contributed by atoms with Gasteiger partial charge in [0.15, 0.2) is 5.78 Å². The van der Waals surface area contributed by atoms with Gasteiger partial charge in [-0.25, -0.2) is 0 Å². The molecule has 1 fully saturated rings. The summed E-state index contributed by atoms with van der Waals surface area (Å²) in [5.74, 6) is 1.67. The molecule has 2 aliphatic rings. The Labute approximate surface area is 107 Å². The molecule has 0 spiro atoms. The van der Waals surface area contributed by atoms with Crippen LogP contribution >= 0.6 is 0 Å². The molecule has 1 aromatic rings. The van der Waals surface area contributed by atoms with Crippen LogP contribution in [0.5, 0.6) is 5.75 Å². The Balaban J connectivity index is 1.67. The number of benzene rings is 1. The van der Waals surface area contributed by atoms with E-state index in [-0.39, 0.29) is 5.78 Å². The fourth-order valence-electron chi connectivity index (χ4n) is 2.64. The molecule has 0 N–H and O–H groups in total. The number of Topliss-reactive ketones (excluding diaryl/α,β-unsaturated/α-hetero) is 1. The van der Waals surface area contributed by atoms with Gasteiger partial charge < -0.3 is 9.47 Å². The standard InChI is InChI=1S/C15H18O3/c16-15-3-1-2-12-8-13(4-5-14(12)15)18-10-11-6-7-17-9-11/h4-5,8,11H,1-3,6-7,9-10H2. The summed E-state index contributed by atoms with van der Waals surface area (Å²) in [5, 5.41) is 0. The van der Waals surface area contributed by atoms with Crippen molar-refractivity contribution in [1.82, 2.24) is 0 Å². The molecule has 96 valence electrons. The Morgan fingerprint density at radius 3 is 3.11 bits per heavy atom. The van der Waals surface area contributed by atoms with Gasteiger partial charge >= 0.3 is 0 Å². The van der Waals surface area contributed by atoms with E-state index in [9.17, 15) is 4.79 Å². The second kappa shape index (κ2) is 5.11. The highest BCUT2D eigenvalue weighted by molar-refractivity contribution is 5.98. The molecule has 1 heterocycles. The molecule has 3 rings (SSSR count). The highest BCUT2D eigenvalue weighted by atomic mass is 16.5. The summed E-state index contributed by atoms with van der Waals surface area (Å²) in [7, 11) is 0. The summed E-state index contributed by atoms with van der Waals surface area (Å²) in [6.45, 7) is 2.38. The first kappa shape index (κ1) is 11.7. The van der Waals surface area contributed by atoms with Crippen LogP contribution in [0.3, 0.4) is 0 Å². The lowest BCUT2D eigenvalue weighted by atomic mass is 9.90. The van der Waals surface area contributed by atoms with Gasteiger partial charge in [-0.1, -0.05) is 0 Å². The molecule has 1 saturated heterocycles. The Hall–Kier alpha value is -1.35.